The Hall–Kier alpha value is -3.35. The minimum Gasteiger partial charge on any atom is -0.317 e. The number of hydrogen-bond donors (Lipinski definition) is 2. The molecular weight excluding hydrogens is 638 g/mol. The molecule has 4 aromatic rings. The molecule has 0 aromatic heterocycles. The molecule has 2 amide bonds. The minimum absolute atomic E-state index is 0.0196. The van der Waals surface area contributed by atoms with Gasteiger partial charge in [-0.05, 0) is 79.8 Å². The van der Waals surface area contributed by atoms with Crippen LogP contribution < -0.4 is 10.6 Å². The topological polar surface area (TPSA) is 73.8 Å². The number of fused-ring (bicyclic) bond motifs is 2. The second-order valence-electron chi connectivity index (χ2n) is 10.2. The van der Waals surface area contributed by atoms with Gasteiger partial charge in [-0.3, -0.25) is 0 Å². The van der Waals surface area contributed by atoms with E-state index in [4.69, 9.17) is 46.4 Å². The number of benzene rings is 4. The van der Waals surface area contributed by atoms with Crippen molar-refractivity contribution in [3.8, 4) is 0 Å². The average Bonchev–Trinajstić information content (AvgIpc) is 3.02. The van der Waals surface area contributed by atoms with Crippen LogP contribution in [-0.4, -0.2) is 30.1 Å². The number of urea groups is 1. The predicted octanol–water partition coefficient (Wildman–Crippen LogP) is 10.00. The van der Waals surface area contributed by atoms with Crippen molar-refractivity contribution in [3.63, 3.8) is 0 Å². The molecule has 0 bridgehead atoms. The summed E-state index contributed by atoms with van der Waals surface area (Å²) in [6.07, 6.45) is 3.40. The summed E-state index contributed by atoms with van der Waals surface area (Å²) in [6.45, 7) is 6.05. The number of amides is 2. The highest BCUT2D eigenvalue weighted by Crippen LogP contribution is 2.34. The van der Waals surface area contributed by atoms with Gasteiger partial charge in [-0.1, -0.05) is 107 Å². The summed E-state index contributed by atoms with van der Waals surface area (Å²) < 4.78 is 0. The molecule has 2 atom stereocenters. The fourth-order valence-electron chi connectivity index (χ4n) is 5.20. The lowest BCUT2D eigenvalue weighted by Gasteiger charge is -2.35. The normalized spacial score (nSPS) is 16.5. The van der Waals surface area contributed by atoms with Crippen LogP contribution in [-0.2, 0) is 17.6 Å². The van der Waals surface area contributed by atoms with E-state index >= 15 is 0 Å². The monoisotopic (exact) mass is 668 g/mol. The molecule has 0 radical (unpaired) electrons. The zero-order chi connectivity index (χ0) is 31.6. The number of aliphatic imine (C=N–C) groups is 1. The maximum Gasteiger partial charge on any atom is 0.322 e. The standard InChI is InChI=1S/C17H16Cl2N2O.C10H13N.C7H3Cl2NO/c1-11-13-6-3-2-5-12(13)9-10-21(11)17(22)20-16-14(18)7-4-8-15(16)19;1-8-10-5-3-2-4-9(10)6-7-11-8;8-5-2-1-3-6(9)7(5)10-4-11/h2-8,11H,9-10H2,1H3,(H,20,22);2-5,8,11H,6-7H2,1H3;1-3H. The lowest BCUT2D eigenvalue weighted by Crippen LogP contribution is -2.41. The molecule has 0 fully saturated rings. The Morgan fingerprint density at radius 1 is 0.795 bits per heavy atom. The van der Waals surface area contributed by atoms with Crippen LogP contribution in [0.4, 0.5) is 16.2 Å². The van der Waals surface area contributed by atoms with Gasteiger partial charge in [-0.25, -0.2) is 9.59 Å². The molecule has 2 heterocycles. The molecule has 2 aliphatic rings. The molecule has 4 aromatic carbocycles. The van der Waals surface area contributed by atoms with E-state index in [9.17, 15) is 9.59 Å². The molecule has 2 aliphatic heterocycles. The van der Waals surface area contributed by atoms with E-state index in [1.54, 1.807) is 36.4 Å². The van der Waals surface area contributed by atoms with Gasteiger partial charge < -0.3 is 15.5 Å². The van der Waals surface area contributed by atoms with Crippen molar-refractivity contribution in [1.29, 1.82) is 0 Å². The van der Waals surface area contributed by atoms with Crippen LogP contribution in [0.1, 0.15) is 48.2 Å². The fourth-order valence-corrected chi connectivity index (χ4v) is 6.18. The van der Waals surface area contributed by atoms with E-state index in [0.29, 0.717) is 38.4 Å². The number of para-hydroxylation sites is 2. The number of carbonyl (C=O) groups is 1. The van der Waals surface area contributed by atoms with Gasteiger partial charge in [0.1, 0.15) is 5.69 Å². The van der Waals surface area contributed by atoms with Gasteiger partial charge in [-0.15, -0.1) is 0 Å². The molecule has 228 valence electrons. The van der Waals surface area contributed by atoms with Crippen LogP contribution in [0.2, 0.25) is 20.1 Å². The molecule has 44 heavy (non-hydrogen) atoms. The number of isocyanates is 1. The molecule has 0 saturated carbocycles. The van der Waals surface area contributed by atoms with Crippen molar-refractivity contribution >= 4 is 69.9 Å². The van der Waals surface area contributed by atoms with E-state index in [1.807, 2.05) is 24.0 Å². The number of anilines is 1. The van der Waals surface area contributed by atoms with Crippen molar-refractivity contribution in [2.75, 3.05) is 18.4 Å². The average molecular weight is 670 g/mol. The van der Waals surface area contributed by atoms with Crippen LogP contribution in [0, 0.1) is 0 Å². The highest BCUT2D eigenvalue weighted by molar-refractivity contribution is 6.40. The highest BCUT2D eigenvalue weighted by Gasteiger charge is 2.28. The van der Waals surface area contributed by atoms with E-state index < -0.39 is 0 Å². The van der Waals surface area contributed by atoms with Crippen molar-refractivity contribution in [1.82, 2.24) is 10.2 Å². The Kier molecular flexibility index (Phi) is 12.3. The molecule has 0 aliphatic carbocycles. The summed E-state index contributed by atoms with van der Waals surface area (Å²) in [7, 11) is 0. The van der Waals surface area contributed by atoms with Gasteiger partial charge in [0.2, 0.25) is 6.08 Å². The van der Waals surface area contributed by atoms with Gasteiger partial charge >= 0.3 is 6.03 Å². The number of nitrogens with one attached hydrogen (secondary N) is 2. The fraction of sp³-hybridized carbons (Fsp3) is 0.235. The number of nitrogens with zero attached hydrogens (tertiary/aromatic N) is 2. The first kappa shape index (κ1) is 33.5. The van der Waals surface area contributed by atoms with Crippen LogP contribution in [0.3, 0.4) is 0 Å². The molecule has 10 heteroatoms. The van der Waals surface area contributed by atoms with Gasteiger partial charge in [-0.2, -0.15) is 4.99 Å². The molecule has 6 rings (SSSR count). The van der Waals surface area contributed by atoms with Crippen molar-refractivity contribution < 1.29 is 9.59 Å². The van der Waals surface area contributed by atoms with Crippen LogP contribution in [0.25, 0.3) is 0 Å². The zero-order valence-corrected chi connectivity index (χ0v) is 27.3. The number of rotatable bonds is 2. The summed E-state index contributed by atoms with van der Waals surface area (Å²) in [5.41, 5.74) is 6.20. The molecule has 0 spiro atoms. The van der Waals surface area contributed by atoms with E-state index in [-0.39, 0.29) is 17.8 Å². The first-order valence-electron chi connectivity index (χ1n) is 14.1. The van der Waals surface area contributed by atoms with Crippen LogP contribution >= 0.6 is 46.4 Å². The largest absolute Gasteiger partial charge is 0.322 e. The Morgan fingerprint density at radius 2 is 1.34 bits per heavy atom. The highest BCUT2D eigenvalue weighted by atomic mass is 35.5. The summed E-state index contributed by atoms with van der Waals surface area (Å²) in [5.74, 6) is 0. The predicted molar refractivity (Wildman–Crippen MR) is 182 cm³/mol. The summed E-state index contributed by atoms with van der Waals surface area (Å²) >= 11 is 23.5. The van der Waals surface area contributed by atoms with E-state index in [1.165, 1.54) is 34.8 Å². The maximum atomic E-state index is 12.6. The Labute approximate surface area is 278 Å². The van der Waals surface area contributed by atoms with E-state index in [2.05, 4.69) is 58.9 Å². The summed E-state index contributed by atoms with van der Waals surface area (Å²) in [4.78, 5) is 27.6. The Morgan fingerprint density at radius 3 is 1.93 bits per heavy atom. The van der Waals surface area contributed by atoms with Crippen LogP contribution in [0.5, 0.6) is 0 Å². The Bertz CT molecular complexity index is 1620. The van der Waals surface area contributed by atoms with Crippen LogP contribution in [0.15, 0.2) is 89.9 Å². The van der Waals surface area contributed by atoms with E-state index in [0.717, 1.165) is 13.0 Å². The maximum absolute atomic E-state index is 12.6. The Balaban J connectivity index is 0.000000168. The minimum atomic E-state index is -0.183. The number of halogens is 4. The van der Waals surface area contributed by atoms with Crippen molar-refractivity contribution in [2.45, 2.75) is 38.8 Å². The third-order valence-corrected chi connectivity index (χ3v) is 8.75. The molecule has 0 saturated heterocycles. The molecule has 2 unspecified atom stereocenters. The lowest BCUT2D eigenvalue weighted by molar-refractivity contribution is 0.188. The molecule has 2 N–H and O–H groups in total. The SMILES string of the molecule is CC1NCCc2ccccc21.CC1c2ccccc2CCN1C(=O)Nc1c(Cl)cccc1Cl.O=C=Nc1c(Cl)cccc1Cl. The first-order valence-corrected chi connectivity index (χ1v) is 15.6. The van der Waals surface area contributed by atoms with Crippen molar-refractivity contribution in [3.05, 3.63) is 127 Å². The van der Waals surface area contributed by atoms with Gasteiger partial charge in [0.25, 0.3) is 0 Å². The number of carbonyl (C=O) groups excluding carboxylic acids is 2. The van der Waals surface area contributed by atoms with Gasteiger partial charge in [0.15, 0.2) is 0 Å². The van der Waals surface area contributed by atoms with Gasteiger partial charge in [0.05, 0.1) is 31.8 Å². The smallest absolute Gasteiger partial charge is 0.317 e. The second-order valence-corrected chi connectivity index (χ2v) is 11.9. The molecule has 6 nitrogen and oxygen atoms in total. The third-order valence-electron chi connectivity index (χ3n) is 7.51. The van der Waals surface area contributed by atoms with Crippen molar-refractivity contribution in [2.24, 2.45) is 4.99 Å². The third kappa shape index (κ3) is 8.42. The van der Waals surface area contributed by atoms with Gasteiger partial charge in [0, 0.05) is 12.6 Å². The quantitative estimate of drug-likeness (QED) is 0.165. The second kappa shape index (κ2) is 16.1. The first-order chi connectivity index (χ1) is 21.2. The lowest BCUT2D eigenvalue weighted by atomic mass is 9.94. The summed E-state index contributed by atoms with van der Waals surface area (Å²) in [6, 6.07) is 27.3. The molecular formula is C34H32Cl4N4O2. The summed E-state index contributed by atoms with van der Waals surface area (Å²) in [5, 5.41) is 7.84. The number of hydrogen-bond acceptors (Lipinski definition) is 4. The zero-order valence-electron chi connectivity index (χ0n) is 24.3.